The number of thioether (sulfide) groups is 1. The Morgan fingerprint density at radius 2 is 1.92 bits per heavy atom. The van der Waals surface area contributed by atoms with E-state index in [0.29, 0.717) is 23.4 Å². The fraction of sp³-hybridized carbons (Fsp3) is 0.500. The summed E-state index contributed by atoms with van der Waals surface area (Å²) in [6, 6.07) is 8.00. The highest BCUT2D eigenvalue weighted by molar-refractivity contribution is 7.99. The number of anilines is 1. The topological polar surface area (TPSA) is 63.1 Å². The molecule has 1 aliphatic heterocycles. The molecule has 1 amide bonds. The van der Waals surface area contributed by atoms with Crippen LogP contribution in [0.4, 0.5) is 5.95 Å². The average Bonchev–Trinajstić information content (AvgIpc) is 3.17. The maximum absolute atomic E-state index is 12.2. The Labute approximate surface area is 162 Å². The maximum Gasteiger partial charge on any atom is 0.230 e. The van der Waals surface area contributed by atoms with Crippen LogP contribution in [0.1, 0.15) is 37.3 Å². The Kier molecular flexibility index (Phi) is 5.36. The molecule has 1 aromatic heterocycles. The first-order valence-corrected chi connectivity index (χ1v) is 10.4. The molecule has 1 saturated heterocycles. The van der Waals surface area contributed by atoms with E-state index in [1.165, 1.54) is 37.4 Å². The lowest BCUT2D eigenvalue weighted by molar-refractivity contribution is -0.118. The van der Waals surface area contributed by atoms with Crippen LogP contribution in [-0.2, 0) is 11.3 Å². The molecule has 0 spiro atoms. The van der Waals surface area contributed by atoms with Crippen molar-refractivity contribution in [1.29, 1.82) is 0 Å². The highest BCUT2D eigenvalue weighted by Crippen LogP contribution is 2.41. The normalized spacial score (nSPS) is 16.9. The molecule has 0 atom stereocenters. The largest absolute Gasteiger partial charge is 0.351 e. The van der Waals surface area contributed by atoms with Crippen LogP contribution in [0.15, 0.2) is 29.4 Å². The van der Waals surface area contributed by atoms with Gasteiger partial charge in [0.25, 0.3) is 0 Å². The monoisotopic (exact) mass is 391 g/mol. The van der Waals surface area contributed by atoms with E-state index in [1.807, 2.05) is 24.3 Å². The lowest BCUT2D eigenvalue weighted by Gasteiger charge is -2.17. The molecule has 6 nitrogen and oxygen atoms in total. The summed E-state index contributed by atoms with van der Waals surface area (Å²) in [6.45, 7) is 2.61. The molecule has 0 bridgehead atoms. The van der Waals surface area contributed by atoms with Gasteiger partial charge in [0, 0.05) is 30.7 Å². The van der Waals surface area contributed by atoms with E-state index >= 15 is 0 Å². The number of nitrogens with zero attached hydrogens (tertiary/aromatic N) is 4. The molecule has 2 aliphatic rings. The van der Waals surface area contributed by atoms with Gasteiger partial charge >= 0.3 is 0 Å². The van der Waals surface area contributed by atoms with Crippen molar-refractivity contribution >= 4 is 35.2 Å². The van der Waals surface area contributed by atoms with Gasteiger partial charge in [-0.3, -0.25) is 9.36 Å². The zero-order valence-electron chi connectivity index (χ0n) is 14.5. The number of hydrogen-bond donors (Lipinski definition) is 1. The van der Waals surface area contributed by atoms with E-state index in [-0.39, 0.29) is 5.91 Å². The quantitative estimate of drug-likeness (QED) is 0.734. The van der Waals surface area contributed by atoms with Crippen molar-refractivity contribution in [2.45, 2.75) is 43.4 Å². The lowest BCUT2D eigenvalue weighted by atomic mass is 10.2. The minimum atomic E-state index is -0.00183. The highest BCUT2D eigenvalue weighted by atomic mass is 35.5. The van der Waals surface area contributed by atoms with E-state index in [2.05, 4.69) is 25.0 Å². The maximum atomic E-state index is 12.2. The molecule has 8 heteroatoms. The van der Waals surface area contributed by atoms with Gasteiger partial charge in [-0.15, -0.1) is 10.2 Å². The van der Waals surface area contributed by atoms with Crippen molar-refractivity contribution in [3.8, 4) is 0 Å². The number of carbonyl (C=O) groups is 1. The number of benzene rings is 1. The van der Waals surface area contributed by atoms with Gasteiger partial charge in [-0.2, -0.15) is 0 Å². The minimum absolute atomic E-state index is 0.00183. The second-order valence-corrected chi connectivity index (χ2v) is 8.15. The molecule has 4 rings (SSSR count). The first-order valence-electron chi connectivity index (χ1n) is 9.04. The second kappa shape index (κ2) is 7.88. The molecule has 26 heavy (non-hydrogen) atoms. The summed E-state index contributed by atoms with van der Waals surface area (Å²) in [6.07, 6.45) is 4.78. The highest BCUT2D eigenvalue weighted by Gasteiger charge is 2.32. The Morgan fingerprint density at radius 1 is 1.19 bits per heavy atom. The number of halogens is 1. The van der Waals surface area contributed by atoms with Crippen LogP contribution in [0, 0.1) is 0 Å². The van der Waals surface area contributed by atoms with E-state index in [4.69, 9.17) is 11.6 Å². The fourth-order valence-corrected chi connectivity index (χ4v) is 4.09. The van der Waals surface area contributed by atoms with Gasteiger partial charge in [0.1, 0.15) is 0 Å². The first kappa shape index (κ1) is 17.7. The summed E-state index contributed by atoms with van der Waals surface area (Å²) in [5, 5.41) is 13.3. The minimum Gasteiger partial charge on any atom is -0.351 e. The molecule has 1 aromatic carbocycles. The fourth-order valence-electron chi connectivity index (χ4n) is 3.14. The third-order valence-corrected chi connectivity index (χ3v) is 5.88. The molecule has 0 unspecified atom stereocenters. The van der Waals surface area contributed by atoms with Crippen molar-refractivity contribution in [2.75, 3.05) is 23.7 Å². The second-order valence-electron chi connectivity index (χ2n) is 6.77. The van der Waals surface area contributed by atoms with Crippen LogP contribution < -0.4 is 10.2 Å². The van der Waals surface area contributed by atoms with Gasteiger partial charge in [0.15, 0.2) is 5.16 Å². The van der Waals surface area contributed by atoms with Crippen molar-refractivity contribution in [3.63, 3.8) is 0 Å². The Morgan fingerprint density at radius 3 is 2.62 bits per heavy atom. The summed E-state index contributed by atoms with van der Waals surface area (Å²) in [5.41, 5.74) is 1.03. The SMILES string of the molecule is O=C(CSc1nnc(N2CCCC2)n1C1CC1)NCc1ccc(Cl)cc1. The zero-order valence-corrected chi connectivity index (χ0v) is 16.1. The van der Waals surface area contributed by atoms with Crippen LogP contribution in [0.2, 0.25) is 5.02 Å². The van der Waals surface area contributed by atoms with E-state index in [9.17, 15) is 4.79 Å². The summed E-state index contributed by atoms with van der Waals surface area (Å²) in [7, 11) is 0. The summed E-state index contributed by atoms with van der Waals surface area (Å²) >= 11 is 7.35. The average molecular weight is 392 g/mol. The molecule has 2 fully saturated rings. The van der Waals surface area contributed by atoms with Crippen molar-refractivity contribution in [3.05, 3.63) is 34.9 Å². The van der Waals surface area contributed by atoms with Crippen LogP contribution >= 0.6 is 23.4 Å². The predicted molar refractivity (Wildman–Crippen MR) is 104 cm³/mol. The molecule has 138 valence electrons. The van der Waals surface area contributed by atoms with Crippen LogP contribution in [0.25, 0.3) is 0 Å². The number of aromatic nitrogens is 3. The standard InChI is InChI=1S/C18H22ClN5OS/c19-14-5-3-13(4-6-14)11-20-16(25)12-26-18-22-21-17(23-9-1-2-10-23)24(18)15-7-8-15/h3-6,15H,1-2,7-12H2,(H,20,25). The van der Waals surface area contributed by atoms with Crippen LogP contribution in [0.3, 0.4) is 0 Å². The van der Waals surface area contributed by atoms with E-state index in [1.54, 1.807) is 0 Å². The van der Waals surface area contributed by atoms with Crippen molar-refractivity contribution in [2.24, 2.45) is 0 Å². The molecule has 2 heterocycles. The number of rotatable bonds is 7. The number of amides is 1. The van der Waals surface area contributed by atoms with Crippen molar-refractivity contribution < 1.29 is 4.79 Å². The number of hydrogen-bond acceptors (Lipinski definition) is 5. The Balaban J connectivity index is 1.34. The van der Waals surface area contributed by atoms with Crippen molar-refractivity contribution in [1.82, 2.24) is 20.1 Å². The molecule has 1 aliphatic carbocycles. The molecule has 1 saturated carbocycles. The smallest absolute Gasteiger partial charge is 0.230 e. The third kappa shape index (κ3) is 4.15. The van der Waals surface area contributed by atoms with E-state index in [0.717, 1.165) is 29.8 Å². The van der Waals surface area contributed by atoms with Gasteiger partial charge in [-0.1, -0.05) is 35.5 Å². The molecular formula is C18H22ClN5OS. The summed E-state index contributed by atoms with van der Waals surface area (Å²) in [5.74, 6) is 1.32. The zero-order chi connectivity index (χ0) is 17.9. The van der Waals surface area contributed by atoms with Gasteiger partial charge < -0.3 is 10.2 Å². The van der Waals surface area contributed by atoms with Gasteiger partial charge in [-0.05, 0) is 43.4 Å². The van der Waals surface area contributed by atoms with Gasteiger partial charge in [0.05, 0.1) is 5.75 Å². The molecular weight excluding hydrogens is 370 g/mol. The lowest BCUT2D eigenvalue weighted by Crippen LogP contribution is -2.25. The first-order chi connectivity index (χ1) is 12.7. The van der Waals surface area contributed by atoms with Crippen LogP contribution in [-0.4, -0.2) is 39.5 Å². The summed E-state index contributed by atoms with van der Waals surface area (Å²) < 4.78 is 2.24. The molecule has 2 aromatic rings. The van der Waals surface area contributed by atoms with E-state index < -0.39 is 0 Å². The Bertz CT molecular complexity index is 768. The van der Waals surface area contributed by atoms with Gasteiger partial charge in [0.2, 0.25) is 11.9 Å². The van der Waals surface area contributed by atoms with Gasteiger partial charge in [-0.25, -0.2) is 0 Å². The number of nitrogens with one attached hydrogen (secondary N) is 1. The predicted octanol–water partition coefficient (Wildman–Crippen LogP) is 3.28. The molecule has 0 radical (unpaired) electrons. The third-order valence-electron chi connectivity index (χ3n) is 4.68. The Hall–Kier alpha value is -1.73. The molecule has 1 N–H and O–H groups in total. The summed E-state index contributed by atoms with van der Waals surface area (Å²) in [4.78, 5) is 14.5. The number of carbonyl (C=O) groups excluding carboxylic acids is 1. The van der Waals surface area contributed by atoms with Crippen LogP contribution in [0.5, 0.6) is 0 Å².